The first-order valence-electron chi connectivity index (χ1n) is 12.6. The van der Waals surface area contributed by atoms with E-state index in [1.807, 2.05) is 10.00 Å². The topological polar surface area (TPSA) is 69.3 Å². The highest BCUT2D eigenvalue weighted by molar-refractivity contribution is 5.82. The predicted octanol–water partition coefficient (Wildman–Crippen LogP) is 4.47. The van der Waals surface area contributed by atoms with E-state index in [0.29, 0.717) is 37.5 Å². The van der Waals surface area contributed by atoms with Crippen LogP contribution in [0.2, 0.25) is 0 Å². The minimum atomic E-state index is -4.69. The number of aromatic amines is 1. The average Bonchev–Trinajstić information content (AvgIpc) is 3.51. The van der Waals surface area contributed by atoms with E-state index in [1.54, 1.807) is 0 Å². The molecule has 0 amide bonds. The van der Waals surface area contributed by atoms with Crippen molar-refractivity contribution in [3.05, 3.63) is 39.5 Å². The summed E-state index contributed by atoms with van der Waals surface area (Å²) in [6.45, 7) is 9.61. The Morgan fingerprint density at radius 3 is 2.53 bits per heavy atom. The van der Waals surface area contributed by atoms with Gasteiger partial charge in [-0.15, -0.1) is 0 Å². The maximum Gasteiger partial charge on any atom is 0.422 e. The van der Waals surface area contributed by atoms with E-state index >= 15 is 0 Å². The first kappa shape index (κ1) is 24.9. The number of unbranched alkanes of at least 4 members (excludes halogenated alkanes) is 2. The van der Waals surface area contributed by atoms with Crippen LogP contribution in [-0.2, 0) is 17.4 Å². The molecule has 0 aromatic carbocycles. The highest BCUT2D eigenvalue weighted by Gasteiger charge is 2.45. The molecule has 2 aliphatic carbocycles. The molecule has 1 aromatic heterocycles. The molecule has 4 rings (SSSR count). The van der Waals surface area contributed by atoms with Crippen molar-refractivity contribution in [2.45, 2.75) is 76.9 Å². The van der Waals surface area contributed by atoms with E-state index in [9.17, 15) is 22.8 Å². The Balaban J connectivity index is 1.20. The molecule has 1 aromatic rings. The molecule has 1 N–H and O–H groups in total. The summed E-state index contributed by atoms with van der Waals surface area (Å²) in [6, 6.07) is -0.263. The first-order valence-corrected chi connectivity index (χ1v) is 12.6. The molecule has 0 radical (unpaired) electrons. The molecule has 1 aliphatic heterocycles. The standard InChI is InChI=1S/C25H35F3N4O2/c1-3-12-31(16(2)17-8-9-17)13-6-4-5-7-21(33)18-14-32(15-18)20-11-10-19-22(25(26,27)28)24(34)30-29-23(19)20/h17-18,20H,2-15H2,1H3,(H,30,34). The summed E-state index contributed by atoms with van der Waals surface area (Å²) < 4.78 is 39.9. The number of carbonyl (C=O) groups is 1. The Morgan fingerprint density at radius 2 is 1.88 bits per heavy atom. The lowest BCUT2D eigenvalue weighted by Gasteiger charge is -2.42. The van der Waals surface area contributed by atoms with Gasteiger partial charge in [0.05, 0.1) is 11.7 Å². The number of hydrogen-bond acceptors (Lipinski definition) is 5. The molecule has 3 aliphatic rings. The minimum absolute atomic E-state index is 0.0116. The highest BCUT2D eigenvalue weighted by Crippen LogP contribution is 2.42. The molecule has 1 unspecified atom stereocenters. The number of rotatable bonds is 12. The van der Waals surface area contributed by atoms with Crippen molar-refractivity contribution in [3.8, 4) is 0 Å². The van der Waals surface area contributed by atoms with Crippen molar-refractivity contribution in [2.24, 2.45) is 11.8 Å². The number of allylic oxidation sites excluding steroid dienone is 1. The second-order valence-corrected chi connectivity index (χ2v) is 10.0. The van der Waals surface area contributed by atoms with Crippen LogP contribution >= 0.6 is 0 Å². The quantitative estimate of drug-likeness (QED) is 0.447. The summed E-state index contributed by atoms with van der Waals surface area (Å²) in [5.41, 5.74) is -0.703. The van der Waals surface area contributed by atoms with Crippen molar-refractivity contribution in [3.63, 3.8) is 0 Å². The third-order valence-electron chi connectivity index (χ3n) is 7.49. The fraction of sp³-hybridized carbons (Fsp3) is 0.720. The van der Waals surface area contributed by atoms with Crippen LogP contribution in [0.3, 0.4) is 0 Å². The number of likely N-dealkylation sites (tertiary alicyclic amines) is 1. The zero-order chi connectivity index (χ0) is 24.5. The number of Topliss-reactive ketones (excluding diaryl/α,β-unsaturated/α-hetero) is 1. The maximum atomic E-state index is 13.3. The van der Waals surface area contributed by atoms with Crippen LogP contribution in [-0.4, -0.2) is 52.0 Å². The maximum absolute atomic E-state index is 13.3. The normalized spacial score (nSPS) is 20.8. The van der Waals surface area contributed by atoms with Gasteiger partial charge >= 0.3 is 6.18 Å². The molecule has 0 bridgehead atoms. The van der Waals surface area contributed by atoms with Crippen molar-refractivity contribution in [1.82, 2.24) is 20.0 Å². The van der Waals surface area contributed by atoms with E-state index in [2.05, 4.69) is 23.5 Å². The monoisotopic (exact) mass is 480 g/mol. The van der Waals surface area contributed by atoms with Gasteiger partial charge in [-0.3, -0.25) is 14.5 Å². The second-order valence-electron chi connectivity index (χ2n) is 10.0. The smallest absolute Gasteiger partial charge is 0.375 e. The highest BCUT2D eigenvalue weighted by atomic mass is 19.4. The molecular formula is C25H35F3N4O2. The summed E-state index contributed by atoms with van der Waals surface area (Å²) >= 11 is 0. The van der Waals surface area contributed by atoms with Crippen molar-refractivity contribution in [1.29, 1.82) is 0 Å². The first-order chi connectivity index (χ1) is 16.2. The summed E-state index contributed by atoms with van der Waals surface area (Å²) in [7, 11) is 0. The molecule has 0 spiro atoms. The molecule has 1 atom stereocenters. The van der Waals surface area contributed by atoms with Crippen LogP contribution < -0.4 is 5.56 Å². The summed E-state index contributed by atoms with van der Waals surface area (Å²) in [6.07, 6.45) is 3.10. The molecule has 9 heteroatoms. The van der Waals surface area contributed by atoms with Crippen molar-refractivity contribution < 1.29 is 18.0 Å². The number of H-pyrrole nitrogens is 1. The number of halogens is 3. The number of alkyl halides is 3. The number of hydrogen-bond donors (Lipinski definition) is 1. The summed E-state index contributed by atoms with van der Waals surface area (Å²) in [5, 5.41) is 5.96. The average molecular weight is 481 g/mol. The number of fused-ring (bicyclic) bond motifs is 1. The third kappa shape index (κ3) is 5.39. The fourth-order valence-electron chi connectivity index (χ4n) is 5.40. The molecule has 2 fully saturated rings. The van der Waals surface area contributed by atoms with Crippen LogP contribution in [0.1, 0.15) is 81.2 Å². The van der Waals surface area contributed by atoms with Crippen LogP contribution in [0.5, 0.6) is 0 Å². The number of nitrogens with zero attached hydrogens (tertiary/aromatic N) is 3. The van der Waals surface area contributed by atoms with Gasteiger partial charge in [-0.2, -0.15) is 18.3 Å². The second kappa shape index (κ2) is 10.2. The van der Waals surface area contributed by atoms with Gasteiger partial charge in [0.25, 0.3) is 5.56 Å². The Labute approximate surface area is 198 Å². The van der Waals surface area contributed by atoms with E-state index < -0.39 is 17.3 Å². The summed E-state index contributed by atoms with van der Waals surface area (Å²) in [5.74, 6) is 0.866. The van der Waals surface area contributed by atoms with Gasteiger partial charge < -0.3 is 4.90 Å². The lowest BCUT2D eigenvalue weighted by Crippen LogP contribution is -2.51. The largest absolute Gasteiger partial charge is 0.422 e. The molecule has 188 valence electrons. The molecule has 2 heterocycles. The van der Waals surface area contributed by atoms with E-state index in [0.717, 1.165) is 38.8 Å². The molecule has 1 saturated heterocycles. The van der Waals surface area contributed by atoms with Gasteiger partial charge in [0.15, 0.2) is 0 Å². The number of aromatic nitrogens is 2. The fourth-order valence-corrected chi connectivity index (χ4v) is 5.40. The SMILES string of the molecule is C=C(C1CC1)N(CCC)CCCCCC(=O)C1CN(C2CCc3c2n[nH]c(=O)c3C(F)(F)F)C1. The van der Waals surface area contributed by atoms with Gasteiger partial charge in [0, 0.05) is 44.2 Å². The van der Waals surface area contributed by atoms with Crippen LogP contribution in [0.15, 0.2) is 17.1 Å². The van der Waals surface area contributed by atoms with Crippen LogP contribution in [0.25, 0.3) is 0 Å². The van der Waals surface area contributed by atoms with Crippen molar-refractivity contribution in [2.75, 3.05) is 26.2 Å². The zero-order valence-corrected chi connectivity index (χ0v) is 19.9. The number of nitrogens with one attached hydrogen (secondary N) is 1. The van der Waals surface area contributed by atoms with Gasteiger partial charge in [0.1, 0.15) is 11.3 Å². The molecule has 6 nitrogen and oxygen atoms in total. The Morgan fingerprint density at radius 1 is 1.15 bits per heavy atom. The van der Waals surface area contributed by atoms with Gasteiger partial charge in [-0.25, -0.2) is 5.10 Å². The Bertz CT molecular complexity index is 964. The zero-order valence-electron chi connectivity index (χ0n) is 19.9. The van der Waals surface area contributed by atoms with E-state index in [4.69, 9.17) is 0 Å². The molecule has 1 saturated carbocycles. The van der Waals surface area contributed by atoms with Crippen molar-refractivity contribution >= 4 is 5.78 Å². The Kier molecular flexibility index (Phi) is 7.50. The number of ketones is 1. The van der Waals surface area contributed by atoms with E-state index in [-0.39, 0.29) is 29.7 Å². The summed E-state index contributed by atoms with van der Waals surface area (Å²) in [4.78, 5) is 28.7. The number of carbonyl (C=O) groups excluding carboxylic acids is 1. The molecule has 34 heavy (non-hydrogen) atoms. The predicted molar refractivity (Wildman–Crippen MR) is 123 cm³/mol. The van der Waals surface area contributed by atoms with Gasteiger partial charge in [-0.05, 0) is 56.4 Å². The lowest BCUT2D eigenvalue weighted by atomic mass is 9.90. The lowest BCUT2D eigenvalue weighted by molar-refractivity contribution is -0.139. The Hall–Kier alpha value is -2.16. The minimum Gasteiger partial charge on any atom is -0.375 e. The van der Waals surface area contributed by atoms with E-state index in [1.165, 1.54) is 18.5 Å². The van der Waals surface area contributed by atoms with Crippen LogP contribution in [0.4, 0.5) is 13.2 Å². The van der Waals surface area contributed by atoms with Gasteiger partial charge in [-0.1, -0.05) is 19.9 Å². The molecular weight excluding hydrogens is 445 g/mol. The van der Waals surface area contributed by atoms with Gasteiger partial charge in [0.2, 0.25) is 0 Å². The van der Waals surface area contributed by atoms with Crippen LogP contribution in [0, 0.1) is 11.8 Å². The third-order valence-corrected chi connectivity index (χ3v) is 7.49.